The minimum atomic E-state index is -0.0854. The van der Waals surface area contributed by atoms with Gasteiger partial charge in [-0.15, -0.1) is 0 Å². The number of nitrogens with zero attached hydrogens (tertiary/aromatic N) is 5. The third kappa shape index (κ3) is 3.79. The summed E-state index contributed by atoms with van der Waals surface area (Å²) in [5.41, 5.74) is 2.25. The summed E-state index contributed by atoms with van der Waals surface area (Å²) >= 11 is 0. The third-order valence-corrected chi connectivity index (χ3v) is 6.16. The van der Waals surface area contributed by atoms with Crippen LogP contribution < -0.4 is 16.4 Å². The number of hydrogen-bond donors (Lipinski definition) is 1. The lowest BCUT2D eigenvalue weighted by Gasteiger charge is -2.30. The predicted octanol–water partition coefficient (Wildman–Crippen LogP) is 3.15. The van der Waals surface area contributed by atoms with Crippen LogP contribution >= 0.6 is 0 Å². The summed E-state index contributed by atoms with van der Waals surface area (Å²) < 4.78 is 3.19. The van der Waals surface area contributed by atoms with Crippen LogP contribution in [0.5, 0.6) is 0 Å². The first-order valence-corrected chi connectivity index (χ1v) is 10.8. The molecule has 8 nitrogen and oxygen atoms in total. The molecule has 3 aromatic heterocycles. The van der Waals surface area contributed by atoms with Gasteiger partial charge in [-0.3, -0.25) is 19.1 Å². The Morgan fingerprint density at radius 2 is 1.69 bits per heavy atom. The van der Waals surface area contributed by atoms with E-state index in [1.165, 1.54) is 0 Å². The fourth-order valence-electron chi connectivity index (χ4n) is 4.36. The Labute approximate surface area is 184 Å². The first-order valence-electron chi connectivity index (χ1n) is 10.8. The SMILES string of the molecule is Cn1c(NC2CCC(n3nc(-c4ccncc4)ccc3=O)CC2)nc2ccccc2c1=O. The van der Waals surface area contributed by atoms with Crippen LogP contribution in [-0.4, -0.2) is 30.4 Å². The molecule has 0 spiro atoms. The molecule has 8 heteroatoms. The van der Waals surface area contributed by atoms with Gasteiger partial charge in [-0.2, -0.15) is 5.10 Å². The zero-order chi connectivity index (χ0) is 22.1. The van der Waals surface area contributed by atoms with Crippen LogP contribution in [0.25, 0.3) is 22.2 Å². The second kappa shape index (κ2) is 8.37. The van der Waals surface area contributed by atoms with E-state index in [4.69, 9.17) is 0 Å². The van der Waals surface area contributed by atoms with Crippen molar-refractivity contribution in [1.82, 2.24) is 24.3 Å². The van der Waals surface area contributed by atoms with Crippen LogP contribution in [0.2, 0.25) is 0 Å². The lowest BCUT2D eigenvalue weighted by molar-refractivity contribution is 0.303. The molecule has 4 aromatic rings. The van der Waals surface area contributed by atoms with E-state index in [0.717, 1.165) is 36.9 Å². The molecule has 1 fully saturated rings. The van der Waals surface area contributed by atoms with E-state index >= 15 is 0 Å². The molecule has 0 saturated heterocycles. The molecule has 0 radical (unpaired) electrons. The van der Waals surface area contributed by atoms with Crippen molar-refractivity contribution in [3.05, 3.63) is 81.6 Å². The van der Waals surface area contributed by atoms with E-state index in [-0.39, 0.29) is 23.2 Å². The van der Waals surface area contributed by atoms with Gasteiger partial charge in [0.25, 0.3) is 11.1 Å². The summed E-state index contributed by atoms with van der Waals surface area (Å²) in [6.45, 7) is 0. The first-order chi connectivity index (χ1) is 15.6. The second-order valence-corrected chi connectivity index (χ2v) is 8.20. The number of pyridine rings is 1. The summed E-state index contributed by atoms with van der Waals surface area (Å²) in [5.74, 6) is 0.576. The van der Waals surface area contributed by atoms with Gasteiger partial charge in [0.1, 0.15) is 0 Å². The Morgan fingerprint density at radius 3 is 2.47 bits per heavy atom. The molecule has 162 valence electrons. The topological polar surface area (TPSA) is 94.7 Å². The molecule has 5 rings (SSSR count). The average molecular weight is 428 g/mol. The molecule has 3 heterocycles. The number of benzene rings is 1. The quantitative estimate of drug-likeness (QED) is 0.537. The fraction of sp³-hybridized carbons (Fsp3) is 0.292. The van der Waals surface area contributed by atoms with E-state index in [9.17, 15) is 9.59 Å². The zero-order valence-corrected chi connectivity index (χ0v) is 17.8. The highest BCUT2D eigenvalue weighted by molar-refractivity contribution is 5.78. The Morgan fingerprint density at radius 1 is 0.938 bits per heavy atom. The molecule has 32 heavy (non-hydrogen) atoms. The van der Waals surface area contributed by atoms with E-state index in [1.54, 1.807) is 46.9 Å². The highest BCUT2D eigenvalue weighted by Gasteiger charge is 2.25. The molecule has 1 aliphatic rings. The van der Waals surface area contributed by atoms with Gasteiger partial charge in [-0.25, -0.2) is 9.67 Å². The van der Waals surface area contributed by atoms with Crippen LogP contribution in [0, 0.1) is 0 Å². The number of nitrogens with one attached hydrogen (secondary N) is 1. The van der Waals surface area contributed by atoms with Crippen LogP contribution in [-0.2, 0) is 7.05 Å². The van der Waals surface area contributed by atoms with Crippen LogP contribution in [0.15, 0.2) is 70.5 Å². The number of anilines is 1. The van der Waals surface area contributed by atoms with Gasteiger partial charge in [0.2, 0.25) is 5.95 Å². The monoisotopic (exact) mass is 428 g/mol. The molecule has 0 bridgehead atoms. The van der Waals surface area contributed by atoms with E-state index in [1.807, 2.05) is 30.3 Å². The van der Waals surface area contributed by atoms with Crippen LogP contribution in [0.1, 0.15) is 31.7 Å². The van der Waals surface area contributed by atoms with Gasteiger partial charge >= 0.3 is 0 Å². The zero-order valence-electron chi connectivity index (χ0n) is 17.8. The molecule has 1 N–H and O–H groups in total. The molecule has 0 amide bonds. The van der Waals surface area contributed by atoms with Crippen molar-refractivity contribution in [1.29, 1.82) is 0 Å². The largest absolute Gasteiger partial charge is 0.353 e. The second-order valence-electron chi connectivity index (χ2n) is 8.20. The lowest BCUT2D eigenvalue weighted by atomic mass is 9.91. The maximum Gasteiger partial charge on any atom is 0.267 e. The van der Waals surface area contributed by atoms with Crippen molar-refractivity contribution < 1.29 is 0 Å². The van der Waals surface area contributed by atoms with Gasteiger partial charge in [0.05, 0.1) is 22.6 Å². The Kier molecular flexibility index (Phi) is 5.26. The number of fused-ring (bicyclic) bond motifs is 1. The van der Waals surface area contributed by atoms with Gasteiger partial charge in [-0.1, -0.05) is 12.1 Å². The number of hydrogen-bond acceptors (Lipinski definition) is 6. The molecule has 0 unspecified atom stereocenters. The van der Waals surface area contributed by atoms with Gasteiger partial charge in [0.15, 0.2) is 0 Å². The van der Waals surface area contributed by atoms with Gasteiger partial charge < -0.3 is 5.32 Å². The summed E-state index contributed by atoms with van der Waals surface area (Å²) in [5, 5.41) is 8.69. The normalized spacial score (nSPS) is 18.5. The van der Waals surface area contributed by atoms with Crippen molar-refractivity contribution in [3.8, 4) is 11.3 Å². The molecule has 1 saturated carbocycles. The average Bonchev–Trinajstić information content (AvgIpc) is 2.84. The fourth-order valence-corrected chi connectivity index (χ4v) is 4.36. The Bertz CT molecular complexity index is 1370. The van der Waals surface area contributed by atoms with E-state index in [2.05, 4.69) is 20.4 Å². The maximum atomic E-state index is 12.6. The van der Waals surface area contributed by atoms with Crippen molar-refractivity contribution in [3.63, 3.8) is 0 Å². The first kappa shape index (κ1) is 20.1. The highest BCUT2D eigenvalue weighted by atomic mass is 16.1. The third-order valence-electron chi connectivity index (χ3n) is 6.16. The molecule has 1 aliphatic carbocycles. The Hall–Kier alpha value is -3.81. The number of rotatable bonds is 4. The van der Waals surface area contributed by atoms with Crippen LogP contribution in [0.3, 0.4) is 0 Å². The van der Waals surface area contributed by atoms with Crippen molar-refractivity contribution in [2.24, 2.45) is 7.05 Å². The minimum absolute atomic E-state index is 0.0516. The minimum Gasteiger partial charge on any atom is -0.353 e. The summed E-state index contributed by atoms with van der Waals surface area (Å²) in [6, 6.07) is 14.7. The van der Waals surface area contributed by atoms with E-state index < -0.39 is 0 Å². The summed E-state index contributed by atoms with van der Waals surface area (Å²) in [4.78, 5) is 33.8. The Balaban J connectivity index is 1.32. The summed E-state index contributed by atoms with van der Waals surface area (Å²) in [6.07, 6.45) is 6.81. The van der Waals surface area contributed by atoms with Crippen molar-refractivity contribution in [2.75, 3.05) is 5.32 Å². The van der Waals surface area contributed by atoms with Gasteiger partial charge in [0, 0.05) is 37.1 Å². The highest BCUT2D eigenvalue weighted by Crippen LogP contribution is 2.29. The molecule has 0 atom stereocenters. The lowest BCUT2D eigenvalue weighted by Crippen LogP contribution is -2.34. The van der Waals surface area contributed by atoms with Crippen molar-refractivity contribution in [2.45, 2.75) is 37.8 Å². The predicted molar refractivity (Wildman–Crippen MR) is 124 cm³/mol. The van der Waals surface area contributed by atoms with Crippen molar-refractivity contribution >= 4 is 16.9 Å². The summed E-state index contributed by atoms with van der Waals surface area (Å²) in [7, 11) is 1.74. The van der Waals surface area contributed by atoms with E-state index in [0.29, 0.717) is 16.9 Å². The molecular formula is C24H24N6O2. The molecule has 1 aromatic carbocycles. The maximum absolute atomic E-state index is 12.6. The van der Waals surface area contributed by atoms with Gasteiger partial charge in [-0.05, 0) is 56.0 Å². The molecular weight excluding hydrogens is 404 g/mol. The standard InChI is InChI=1S/C24H24N6O2/c1-29-23(32)19-4-2-3-5-21(19)27-24(29)26-17-6-8-18(9-7-17)30-22(31)11-10-20(28-30)16-12-14-25-15-13-16/h2-5,10-15,17-18H,6-9H2,1H3,(H,26,27). The number of para-hydroxylation sites is 1. The van der Waals surface area contributed by atoms with Crippen LogP contribution in [0.4, 0.5) is 5.95 Å². The number of aromatic nitrogens is 5. The molecule has 0 aliphatic heterocycles. The smallest absolute Gasteiger partial charge is 0.267 e.